The first-order chi connectivity index (χ1) is 20.3. The number of hydrogen-bond acceptors (Lipinski definition) is 11. The van der Waals surface area contributed by atoms with Crippen molar-refractivity contribution in [3.05, 3.63) is 89.4 Å². The predicted octanol–water partition coefficient (Wildman–Crippen LogP) is 3.19. The third-order valence-electron chi connectivity index (χ3n) is 5.72. The van der Waals surface area contributed by atoms with Crippen molar-refractivity contribution in [1.29, 1.82) is 0 Å². The van der Waals surface area contributed by atoms with Crippen LogP contribution in [-0.4, -0.2) is 68.2 Å². The molecule has 0 spiro atoms. The molecule has 0 bridgehead atoms. The molecule has 1 atom stereocenters. The maximum absolute atomic E-state index is 13.2. The molecule has 3 amide bonds. The first-order valence-corrected chi connectivity index (χ1v) is 15.6. The fourth-order valence-electron chi connectivity index (χ4n) is 3.71. The number of nitrogens with zero attached hydrogens (tertiary/aromatic N) is 4. The van der Waals surface area contributed by atoms with Gasteiger partial charge in [-0.3, -0.25) is 18.9 Å². The largest absolute Gasteiger partial charge is 0.397 e. The number of benzene rings is 3. The molecular weight excluding hydrogens is 626 g/mol. The second kappa shape index (κ2) is 13.3. The molecule has 0 fully saturated rings. The van der Waals surface area contributed by atoms with Crippen molar-refractivity contribution >= 4 is 66.6 Å². The molecule has 0 radical (unpaired) electrons. The van der Waals surface area contributed by atoms with Gasteiger partial charge in [0.15, 0.2) is 15.9 Å². The number of sulfone groups is 1. The van der Waals surface area contributed by atoms with Gasteiger partial charge in [-0.05, 0) is 48.5 Å². The van der Waals surface area contributed by atoms with E-state index in [-0.39, 0.29) is 16.3 Å². The average Bonchev–Trinajstić information content (AvgIpc) is 3.29. The van der Waals surface area contributed by atoms with Crippen LogP contribution in [0.15, 0.2) is 99.1 Å². The van der Waals surface area contributed by atoms with Gasteiger partial charge in [0.2, 0.25) is 5.91 Å². The van der Waals surface area contributed by atoms with Gasteiger partial charge in [0.05, 0.1) is 22.9 Å². The molecule has 1 aliphatic heterocycles. The third kappa shape index (κ3) is 8.59. The molecule has 224 valence electrons. The molecule has 0 saturated carbocycles. The van der Waals surface area contributed by atoms with E-state index in [9.17, 15) is 31.2 Å². The molecule has 1 aliphatic rings. The van der Waals surface area contributed by atoms with E-state index in [0.29, 0.717) is 21.3 Å². The van der Waals surface area contributed by atoms with Gasteiger partial charge in [-0.25, -0.2) is 12.6 Å². The smallest absolute Gasteiger partial charge is 0.326 e. The van der Waals surface area contributed by atoms with Crippen LogP contribution >= 0.6 is 11.6 Å². The van der Waals surface area contributed by atoms with Crippen LogP contribution in [0.25, 0.3) is 0 Å². The van der Waals surface area contributed by atoms with Crippen molar-refractivity contribution in [2.24, 2.45) is 15.3 Å². The number of imide groups is 1. The van der Waals surface area contributed by atoms with Crippen LogP contribution in [-0.2, 0) is 38.8 Å². The first kappa shape index (κ1) is 31.6. The lowest BCUT2D eigenvalue weighted by Crippen LogP contribution is -2.36. The molecule has 0 aromatic heterocycles. The third-order valence-corrected chi connectivity index (χ3v) is 8.13. The number of hydrazone groups is 1. The zero-order valence-electron chi connectivity index (χ0n) is 21.9. The quantitative estimate of drug-likeness (QED) is 0.178. The number of rotatable bonds is 11. The minimum absolute atomic E-state index is 0.110. The molecule has 14 nitrogen and oxygen atoms in total. The van der Waals surface area contributed by atoms with Crippen molar-refractivity contribution in [3.8, 4) is 0 Å². The summed E-state index contributed by atoms with van der Waals surface area (Å²) in [6.07, 6.45) is -0.686. The van der Waals surface area contributed by atoms with E-state index in [1.807, 2.05) is 0 Å². The number of nitrogens with one attached hydrogen (secondary N) is 1. The second-order valence-corrected chi connectivity index (χ2v) is 12.4. The van der Waals surface area contributed by atoms with Crippen molar-refractivity contribution in [2.75, 3.05) is 17.7 Å². The standard InChI is InChI=1S/C26H22ClN5O9S2/c27-18-6-8-19(9-7-18)28-22(33)16-23(34)32-26(35)25(24(31-32)17-4-2-1-3-5-17)30-29-20-10-12-21(13-11-20)42(36,37)15-14-41-43(38,39)40/h1-13,25H,14-16H2,(H,28,33)(H,38,39,40). The van der Waals surface area contributed by atoms with Crippen LogP contribution in [0.1, 0.15) is 12.0 Å². The van der Waals surface area contributed by atoms with Crippen molar-refractivity contribution in [2.45, 2.75) is 17.4 Å². The van der Waals surface area contributed by atoms with Gasteiger partial charge in [-0.15, -0.1) is 0 Å². The van der Waals surface area contributed by atoms with E-state index in [1.54, 1.807) is 54.6 Å². The minimum Gasteiger partial charge on any atom is -0.326 e. The Hall–Kier alpha value is -4.35. The Labute approximate surface area is 250 Å². The highest BCUT2D eigenvalue weighted by atomic mass is 35.5. The topological polar surface area (TPSA) is 201 Å². The second-order valence-electron chi connectivity index (χ2n) is 8.81. The Balaban J connectivity index is 1.49. The summed E-state index contributed by atoms with van der Waals surface area (Å²) in [5.74, 6) is -3.13. The van der Waals surface area contributed by atoms with Crippen LogP contribution < -0.4 is 5.32 Å². The summed E-state index contributed by atoms with van der Waals surface area (Å²) in [6, 6.07) is 18.3. The maximum Gasteiger partial charge on any atom is 0.397 e. The SMILES string of the molecule is O=C(CC(=O)N1N=C(c2ccccc2)C(N=Nc2ccc(S(=O)(=O)CCOS(=O)(=O)O)cc2)C1=O)Nc1ccc(Cl)cc1. The fourth-order valence-corrected chi connectivity index (χ4v) is 5.33. The van der Waals surface area contributed by atoms with Crippen LogP contribution in [0.5, 0.6) is 0 Å². The lowest BCUT2D eigenvalue weighted by Gasteiger charge is -2.11. The summed E-state index contributed by atoms with van der Waals surface area (Å²) in [7, 11) is -8.75. The lowest BCUT2D eigenvalue weighted by molar-refractivity contribution is -0.144. The first-order valence-electron chi connectivity index (χ1n) is 12.2. The molecule has 2 N–H and O–H groups in total. The molecule has 0 aliphatic carbocycles. The number of azo groups is 1. The van der Waals surface area contributed by atoms with E-state index in [1.165, 1.54) is 24.3 Å². The molecule has 4 rings (SSSR count). The normalized spacial score (nSPS) is 15.5. The number of anilines is 1. The van der Waals surface area contributed by atoms with E-state index in [0.717, 1.165) is 0 Å². The van der Waals surface area contributed by atoms with E-state index < -0.39 is 62.8 Å². The summed E-state index contributed by atoms with van der Waals surface area (Å²) in [5.41, 5.74) is 1.15. The van der Waals surface area contributed by atoms with Gasteiger partial charge in [0.1, 0.15) is 12.1 Å². The lowest BCUT2D eigenvalue weighted by atomic mass is 10.0. The predicted molar refractivity (Wildman–Crippen MR) is 154 cm³/mol. The van der Waals surface area contributed by atoms with Crippen molar-refractivity contribution in [3.63, 3.8) is 0 Å². The monoisotopic (exact) mass is 647 g/mol. The highest BCUT2D eigenvalue weighted by Crippen LogP contribution is 2.23. The Bertz CT molecular complexity index is 1800. The summed E-state index contributed by atoms with van der Waals surface area (Å²) >= 11 is 5.84. The highest BCUT2D eigenvalue weighted by Gasteiger charge is 2.40. The zero-order valence-corrected chi connectivity index (χ0v) is 24.3. The van der Waals surface area contributed by atoms with E-state index >= 15 is 0 Å². The van der Waals surface area contributed by atoms with Crippen molar-refractivity contribution < 1.29 is 40.0 Å². The van der Waals surface area contributed by atoms with E-state index in [2.05, 4.69) is 24.8 Å². The molecule has 3 aromatic carbocycles. The van der Waals surface area contributed by atoms with Crippen LogP contribution in [0.3, 0.4) is 0 Å². The Kier molecular flexibility index (Phi) is 9.77. The molecule has 0 saturated heterocycles. The molecule has 3 aromatic rings. The van der Waals surface area contributed by atoms with Gasteiger partial charge in [-0.2, -0.15) is 28.8 Å². The zero-order chi connectivity index (χ0) is 31.2. The van der Waals surface area contributed by atoms with Gasteiger partial charge >= 0.3 is 10.4 Å². The van der Waals surface area contributed by atoms with Crippen LogP contribution in [0.4, 0.5) is 11.4 Å². The average molecular weight is 648 g/mol. The molecule has 17 heteroatoms. The summed E-state index contributed by atoms with van der Waals surface area (Å²) in [5, 5.41) is 15.8. The number of amides is 3. The highest BCUT2D eigenvalue weighted by molar-refractivity contribution is 7.91. The number of carbonyl (C=O) groups excluding carboxylic acids is 3. The van der Waals surface area contributed by atoms with Gasteiger partial charge in [0, 0.05) is 16.3 Å². The van der Waals surface area contributed by atoms with Crippen LogP contribution in [0.2, 0.25) is 5.02 Å². The number of halogens is 1. The molecular formula is C26H22ClN5O9S2. The van der Waals surface area contributed by atoms with Gasteiger partial charge < -0.3 is 5.32 Å². The molecule has 43 heavy (non-hydrogen) atoms. The van der Waals surface area contributed by atoms with E-state index in [4.69, 9.17) is 16.2 Å². The van der Waals surface area contributed by atoms with Crippen LogP contribution in [0, 0.1) is 0 Å². The summed E-state index contributed by atoms with van der Waals surface area (Å²) in [6.45, 7) is -0.786. The number of hydrogen-bond donors (Lipinski definition) is 2. The summed E-state index contributed by atoms with van der Waals surface area (Å²) in [4.78, 5) is 38.4. The van der Waals surface area contributed by atoms with Gasteiger partial charge in [-0.1, -0.05) is 41.9 Å². The molecule has 1 unspecified atom stereocenters. The fraction of sp³-hybridized carbons (Fsp3) is 0.154. The Morgan fingerprint density at radius 1 is 0.977 bits per heavy atom. The van der Waals surface area contributed by atoms with Crippen molar-refractivity contribution in [1.82, 2.24) is 5.01 Å². The Morgan fingerprint density at radius 2 is 1.63 bits per heavy atom. The minimum atomic E-state index is -4.79. The van der Waals surface area contributed by atoms with Gasteiger partial charge in [0.25, 0.3) is 11.8 Å². The summed E-state index contributed by atoms with van der Waals surface area (Å²) < 4.78 is 58.7. The Morgan fingerprint density at radius 3 is 2.26 bits per heavy atom. The molecule has 1 heterocycles. The maximum atomic E-state index is 13.2. The number of carbonyl (C=O) groups is 3.